The Morgan fingerprint density at radius 2 is 1.95 bits per heavy atom. The molecule has 0 saturated heterocycles. The normalized spacial score (nSPS) is 11.3. The third-order valence-electron chi connectivity index (χ3n) is 2.60. The molecule has 0 aliphatic rings. The molecule has 0 amide bonds. The van der Waals surface area contributed by atoms with Crippen LogP contribution >= 0.6 is 12.4 Å². The van der Waals surface area contributed by atoms with Gasteiger partial charge < -0.3 is 5.73 Å². The summed E-state index contributed by atoms with van der Waals surface area (Å²) in [7, 11) is 1.43. The monoisotopic (exact) mass is 307 g/mol. The Labute approximate surface area is 119 Å². The van der Waals surface area contributed by atoms with Crippen LogP contribution in [0.5, 0.6) is 0 Å². The van der Waals surface area contributed by atoms with Gasteiger partial charge in [0, 0.05) is 19.8 Å². The molecule has 2 aromatic heterocycles. The standard InChI is InChI=1S/C11H12F3N5.ClH/c1-6-3-7(4-15)16-17-9(6)8-5-19(2)18-10(8)11(12,13)14;/h3,5H,4,15H2,1-2H3;1H. The SMILES string of the molecule is Cc1cc(CN)nnc1-c1cn(C)nc1C(F)(F)F.Cl. The minimum absolute atomic E-state index is 0. The van der Waals surface area contributed by atoms with Crippen molar-refractivity contribution in [3.05, 3.63) is 29.2 Å². The average Bonchev–Trinajstić information content (AvgIpc) is 2.70. The molecule has 20 heavy (non-hydrogen) atoms. The summed E-state index contributed by atoms with van der Waals surface area (Å²) in [6.45, 7) is 1.85. The maximum atomic E-state index is 12.9. The molecule has 2 rings (SSSR count). The Morgan fingerprint density at radius 1 is 1.30 bits per heavy atom. The topological polar surface area (TPSA) is 69.6 Å². The van der Waals surface area contributed by atoms with Gasteiger partial charge in [-0.25, -0.2) is 0 Å². The molecule has 2 N–H and O–H groups in total. The summed E-state index contributed by atoms with van der Waals surface area (Å²) in [5.74, 6) is 0. The van der Waals surface area contributed by atoms with E-state index in [9.17, 15) is 13.2 Å². The largest absolute Gasteiger partial charge is 0.435 e. The van der Waals surface area contributed by atoms with Crippen molar-refractivity contribution in [2.75, 3.05) is 0 Å². The van der Waals surface area contributed by atoms with Crippen LogP contribution in [0.25, 0.3) is 11.3 Å². The fourth-order valence-electron chi connectivity index (χ4n) is 1.78. The van der Waals surface area contributed by atoms with Gasteiger partial charge in [0.05, 0.1) is 17.0 Å². The molecular weight excluding hydrogens is 295 g/mol. The van der Waals surface area contributed by atoms with E-state index in [0.717, 1.165) is 4.68 Å². The van der Waals surface area contributed by atoms with Crippen LogP contribution in [0.15, 0.2) is 12.3 Å². The highest BCUT2D eigenvalue weighted by atomic mass is 35.5. The third-order valence-corrected chi connectivity index (χ3v) is 2.60. The number of aromatic nitrogens is 4. The first-order valence-electron chi connectivity index (χ1n) is 5.47. The van der Waals surface area contributed by atoms with Crippen LogP contribution in [-0.4, -0.2) is 20.0 Å². The molecule has 0 aromatic carbocycles. The van der Waals surface area contributed by atoms with Gasteiger partial charge in [0.15, 0.2) is 5.69 Å². The first-order valence-corrected chi connectivity index (χ1v) is 5.47. The second-order valence-corrected chi connectivity index (χ2v) is 4.13. The molecule has 0 aliphatic carbocycles. The van der Waals surface area contributed by atoms with Crippen molar-refractivity contribution in [2.24, 2.45) is 12.8 Å². The van der Waals surface area contributed by atoms with Gasteiger partial charge in [-0.2, -0.15) is 23.4 Å². The zero-order chi connectivity index (χ0) is 14.2. The smallest absolute Gasteiger partial charge is 0.325 e. The van der Waals surface area contributed by atoms with E-state index in [1.54, 1.807) is 13.0 Å². The number of aryl methyl sites for hydroxylation is 2. The lowest BCUT2D eigenvalue weighted by Crippen LogP contribution is -2.09. The van der Waals surface area contributed by atoms with Crippen molar-refractivity contribution in [3.63, 3.8) is 0 Å². The Kier molecular flexibility index (Phi) is 4.72. The first-order chi connectivity index (χ1) is 8.82. The quantitative estimate of drug-likeness (QED) is 0.922. The molecule has 5 nitrogen and oxygen atoms in total. The lowest BCUT2D eigenvalue weighted by molar-refractivity contribution is -0.141. The molecule has 0 aliphatic heterocycles. The minimum Gasteiger partial charge on any atom is -0.325 e. The second kappa shape index (κ2) is 5.76. The molecule has 2 heterocycles. The predicted octanol–water partition coefficient (Wildman–Crippen LogP) is 2.08. The zero-order valence-electron chi connectivity index (χ0n) is 10.8. The molecular formula is C11H13ClF3N5. The van der Waals surface area contributed by atoms with Gasteiger partial charge in [-0.05, 0) is 18.6 Å². The van der Waals surface area contributed by atoms with Crippen molar-refractivity contribution >= 4 is 12.4 Å². The van der Waals surface area contributed by atoms with Gasteiger partial charge in [-0.3, -0.25) is 4.68 Å². The minimum atomic E-state index is -4.53. The lowest BCUT2D eigenvalue weighted by Gasteiger charge is -2.07. The van der Waals surface area contributed by atoms with Gasteiger partial charge in [0.2, 0.25) is 0 Å². The van der Waals surface area contributed by atoms with Crippen LogP contribution in [0.4, 0.5) is 13.2 Å². The molecule has 9 heteroatoms. The van der Waals surface area contributed by atoms with E-state index >= 15 is 0 Å². The highest BCUT2D eigenvalue weighted by molar-refractivity contribution is 5.85. The number of nitrogens with two attached hydrogens (primary N) is 1. The van der Waals surface area contributed by atoms with Gasteiger partial charge in [-0.1, -0.05) is 0 Å². The summed E-state index contributed by atoms with van der Waals surface area (Å²) in [6.07, 6.45) is -3.25. The molecule has 0 saturated carbocycles. The number of nitrogens with zero attached hydrogens (tertiary/aromatic N) is 4. The number of hydrogen-bond donors (Lipinski definition) is 1. The summed E-state index contributed by atoms with van der Waals surface area (Å²) in [5.41, 5.74) is 5.64. The summed E-state index contributed by atoms with van der Waals surface area (Å²) >= 11 is 0. The molecule has 0 atom stereocenters. The van der Waals surface area contributed by atoms with Crippen LogP contribution in [0.3, 0.4) is 0 Å². The van der Waals surface area contributed by atoms with Crippen molar-refractivity contribution in [1.29, 1.82) is 0 Å². The fraction of sp³-hybridized carbons (Fsp3) is 0.364. The number of rotatable bonds is 2. The summed E-state index contributed by atoms with van der Waals surface area (Å²) in [5, 5.41) is 11.1. The van der Waals surface area contributed by atoms with Crippen LogP contribution in [0.2, 0.25) is 0 Å². The maximum absolute atomic E-state index is 12.9. The van der Waals surface area contributed by atoms with Crippen LogP contribution in [-0.2, 0) is 19.8 Å². The van der Waals surface area contributed by atoms with E-state index in [0.29, 0.717) is 11.3 Å². The van der Waals surface area contributed by atoms with Crippen molar-refractivity contribution in [2.45, 2.75) is 19.6 Å². The van der Waals surface area contributed by atoms with Crippen molar-refractivity contribution in [1.82, 2.24) is 20.0 Å². The fourth-order valence-corrected chi connectivity index (χ4v) is 1.78. The summed E-state index contributed by atoms with van der Waals surface area (Å²) < 4.78 is 39.7. The molecule has 0 spiro atoms. The van der Waals surface area contributed by atoms with Crippen molar-refractivity contribution < 1.29 is 13.2 Å². The zero-order valence-corrected chi connectivity index (χ0v) is 11.6. The van der Waals surface area contributed by atoms with Crippen LogP contribution in [0.1, 0.15) is 17.0 Å². The van der Waals surface area contributed by atoms with Gasteiger partial charge >= 0.3 is 6.18 Å². The maximum Gasteiger partial charge on any atom is 0.435 e. The Balaban J connectivity index is 0.00000200. The molecule has 0 bridgehead atoms. The molecule has 2 aromatic rings. The van der Waals surface area contributed by atoms with Crippen LogP contribution in [0, 0.1) is 6.92 Å². The highest BCUT2D eigenvalue weighted by Crippen LogP contribution is 2.35. The first kappa shape index (κ1) is 16.4. The van der Waals surface area contributed by atoms with E-state index in [1.807, 2.05) is 0 Å². The number of hydrogen-bond acceptors (Lipinski definition) is 4. The molecule has 0 unspecified atom stereocenters. The lowest BCUT2D eigenvalue weighted by atomic mass is 10.1. The molecule has 110 valence electrons. The molecule has 0 fully saturated rings. The Bertz CT molecular complexity index is 609. The average molecular weight is 308 g/mol. The highest BCUT2D eigenvalue weighted by Gasteiger charge is 2.38. The Morgan fingerprint density at radius 3 is 2.45 bits per heavy atom. The third kappa shape index (κ3) is 3.07. The van der Waals surface area contributed by atoms with Gasteiger partial charge in [-0.15, -0.1) is 17.5 Å². The van der Waals surface area contributed by atoms with Gasteiger partial charge in [0.25, 0.3) is 0 Å². The number of halogens is 4. The summed E-state index contributed by atoms with van der Waals surface area (Å²) in [4.78, 5) is 0. The van der Waals surface area contributed by atoms with Crippen LogP contribution < -0.4 is 5.73 Å². The van der Waals surface area contributed by atoms with E-state index in [1.165, 1.54) is 13.2 Å². The summed E-state index contributed by atoms with van der Waals surface area (Å²) in [6, 6.07) is 1.62. The predicted molar refractivity (Wildman–Crippen MR) is 69.1 cm³/mol. The van der Waals surface area contributed by atoms with E-state index < -0.39 is 11.9 Å². The van der Waals surface area contributed by atoms with E-state index in [2.05, 4.69) is 15.3 Å². The van der Waals surface area contributed by atoms with Gasteiger partial charge in [0.1, 0.15) is 0 Å². The second-order valence-electron chi connectivity index (χ2n) is 4.13. The molecule has 0 radical (unpaired) electrons. The Hall–Kier alpha value is -1.67. The van der Waals surface area contributed by atoms with E-state index in [-0.39, 0.29) is 30.2 Å². The number of alkyl halides is 3. The van der Waals surface area contributed by atoms with E-state index in [4.69, 9.17) is 5.73 Å². The van der Waals surface area contributed by atoms with Crippen molar-refractivity contribution in [3.8, 4) is 11.3 Å².